The van der Waals surface area contributed by atoms with E-state index >= 15 is 0 Å². The molecule has 3 aromatic carbocycles. The molecule has 0 aliphatic rings. The van der Waals surface area contributed by atoms with Gasteiger partial charge in [0.15, 0.2) is 0 Å². The Morgan fingerprint density at radius 2 is 1.59 bits per heavy atom. The number of benzene rings is 3. The number of anilines is 1. The third-order valence-electron chi connectivity index (χ3n) is 6.44. The molecule has 10 heteroatoms. The molecule has 2 amide bonds. The van der Waals surface area contributed by atoms with Crippen LogP contribution in [0.4, 0.5) is 5.69 Å². The molecule has 41 heavy (non-hydrogen) atoms. The molecule has 0 heterocycles. The summed E-state index contributed by atoms with van der Waals surface area (Å²) in [6.45, 7) is 8.91. The zero-order valence-electron chi connectivity index (χ0n) is 24.1. The smallest absolute Gasteiger partial charge is 0.264 e. The number of ether oxygens (including phenoxy) is 1. The molecule has 1 N–H and O–H groups in total. The average Bonchev–Trinajstić information content (AvgIpc) is 2.93. The lowest BCUT2D eigenvalue weighted by Gasteiger charge is -2.34. The van der Waals surface area contributed by atoms with Crippen LogP contribution < -0.4 is 14.4 Å². The number of para-hydroxylation sites is 2. The number of amides is 2. The number of carbonyl (C=O) groups is 2. The quantitative estimate of drug-likeness (QED) is 0.277. The summed E-state index contributed by atoms with van der Waals surface area (Å²) in [5, 5.41) is 3.32. The number of nitrogens with one attached hydrogen (secondary N) is 1. The monoisotopic (exact) mass is 599 g/mol. The largest absolute Gasteiger partial charge is 0.492 e. The van der Waals surface area contributed by atoms with Crippen LogP contribution in [0.15, 0.2) is 77.7 Å². The van der Waals surface area contributed by atoms with Crippen molar-refractivity contribution >= 4 is 39.1 Å². The maximum absolute atomic E-state index is 14.2. The molecule has 3 rings (SSSR count). The lowest BCUT2D eigenvalue weighted by Crippen LogP contribution is -2.53. The maximum Gasteiger partial charge on any atom is 0.264 e. The Balaban J connectivity index is 2.13. The fourth-order valence-electron chi connectivity index (χ4n) is 4.40. The van der Waals surface area contributed by atoms with Crippen LogP contribution >= 0.6 is 11.6 Å². The van der Waals surface area contributed by atoms with Crippen LogP contribution in [0.5, 0.6) is 5.75 Å². The van der Waals surface area contributed by atoms with Crippen LogP contribution in [0.2, 0.25) is 5.02 Å². The molecule has 0 saturated heterocycles. The summed E-state index contributed by atoms with van der Waals surface area (Å²) in [5.41, 5.74) is 1.76. The number of carbonyl (C=O) groups excluding carboxylic acids is 2. The van der Waals surface area contributed by atoms with E-state index in [2.05, 4.69) is 5.32 Å². The molecule has 1 atom stereocenters. The topological polar surface area (TPSA) is 96.0 Å². The van der Waals surface area contributed by atoms with E-state index in [0.29, 0.717) is 29.4 Å². The lowest BCUT2D eigenvalue weighted by molar-refractivity contribution is -0.140. The summed E-state index contributed by atoms with van der Waals surface area (Å²) in [7, 11) is -4.21. The van der Waals surface area contributed by atoms with Gasteiger partial charge in [-0.25, -0.2) is 8.42 Å². The van der Waals surface area contributed by atoms with Gasteiger partial charge in [-0.05, 0) is 70.0 Å². The SMILES string of the molecule is CCOc1ccccc1N(CC(=O)N(Cc1ccccc1Cl)[C@@H](CC)C(=O)NC(C)C)S(=O)(=O)c1ccc(C)cc1. The van der Waals surface area contributed by atoms with Crippen molar-refractivity contribution in [2.24, 2.45) is 0 Å². The van der Waals surface area contributed by atoms with Crippen LogP contribution in [-0.2, 0) is 26.2 Å². The molecule has 0 aromatic heterocycles. The lowest BCUT2D eigenvalue weighted by atomic mass is 10.1. The highest BCUT2D eigenvalue weighted by molar-refractivity contribution is 7.92. The van der Waals surface area contributed by atoms with Gasteiger partial charge >= 0.3 is 0 Å². The highest BCUT2D eigenvalue weighted by atomic mass is 35.5. The number of rotatable bonds is 13. The van der Waals surface area contributed by atoms with Crippen molar-refractivity contribution in [1.29, 1.82) is 0 Å². The van der Waals surface area contributed by atoms with Gasteiger partial charge in [-0.1, -0.05) is 66.6 Å². The first-order valence-corrected chi connectivity index (χ1v) is 15.5. The Morgan fingerprint density at radius 3 is 2.20 bits per heavy atom. The van der Waals surface area contributed by atoms with Gasteiger partial charge < -0.3 is 15.0 Å². The second kappa shape index (κ2) is 14.4. The van der Waals surface area contributed by atoms with E-state index in [9.17, 15) is 18.0 Å². The molecule has 0 aliphatic carbocycles. The number of hydrogen-bond donors (Lipinski definition) is 1. The molecule has 0 aliphatic heterocycles. The first-order chi connectivity index (χ1) is 19.5. The van der Waals surface area contributed by atoms with Crippen molar-refractivity contribution in [2.75, 3.05) is 17.5 Å². The van der Waals surface area contributed by atoms with Gasteiger partial charge in [-0.2, -0.15) is 0 Å². The minimum Gasteiger partial charge on any atom is -0.492 e. The summed E-state index contributed by atoms with van der Waals surface area (Å²) in [6.07, 6.45) is 0.314. The van der Waals surface area contributed by atoms with Crippen molar-refractivity contribution in [3.05, 3.63) is 88.9 Å². The molecule has 0 fully saturated rings. The fraction of sp³-hybridized carbons (Fsp3) is 0.355. The molecule has 220 valence electrons. The molecular weight excluding hydrogens is 562 g/mol. The zero-order chi connectivity index (χ0) is 30.2. The number of sulfonamides is 1. The van der Waals surface area contributed by atoms with Crippen molar-refractivity contribution < 1.29 is 22.7 Å². The van der Waals surface area contributed by atoms with Gasteiger partial charge in [-0.3, -0.25) is 13.9 Å². The van der Waals surface area contributed by atoms with E-state index in [1.54, 1.807) is 67.6 Å². The summed E-state index contributed by atoms with van der Waals surface area (Å²) in [5.74, 6) is -0.566. The highest BCUT2D eigenvalue weighted by Gasteiger charge is 2.35. The third-order valence-corrected chi connectivity index (χ3v) is 8.58. The molecule has 0 radical (unpaired) electrons. The van der Waals surface area contributed by atoms with Gasteiger partial charge in [-0.15, -0.1) is 0 Å². The minimum atomic E-state index is -4.21. The Hall–Kier alpha value is -3.56. The third kappa shape index (κ3) is 8.01. The van der Waals surface area contributed by atoms with E-state index in [1.807, 2.05) is 27.7 Å². The molecular formula is C31H38ClN3O5S. The van der Waals surface area contributed by atoms with Crippen LogP contribution in [0.3, 0.4) is 0 Å². The van der Waals surface area contributed by atoms with Crippen LogP contribution in [-0.4, -0.2) is 50.4 Å². The van der Waals surface area contributed by atoms with Gasteiger partial charge in [0, 0.05) is 17.6 Å². The molecule has 0 unspecified atom stereocenters. The van der Waals surface area contributed by atoms with Crippen molar-refractivity contribution in [1.82, 2.24) is 10.2 Å². The Labute approximate surface area is 248 Å². The second-order valence-electron chi connectivity index (χ2n) is 9.93. The van der Waals surface area contributed by atoms with Crippen LogP contribution in [0.25, 0.3) is 0 Å². The molecule has 8 nitrogen and oxygen atoms in total. The standard InChI is InChI=1S/C31H38ClN3O5S/c1-6-27(31(37)33-22(3)4)34(20-24-12-8-9-13-26(24)32)30(36)21-35(28-14-10-11-15-29(28)40-7-2)41(38,39)25-18-16-23(5)17-19-25/h8-19,22,27H,6-7,20-21H2,1-5H3,(H,33,37)/t27-/m0/s1. The highest BCUT2D eigenvalue weighted by Crippen LogP contribution is 2.33. The maximum atomic E-state index is 14.2. The molecule has 3 aromatic rings. The second-order valence-corrected chi connectivity index (χ2v) is 12.2. The number of hydrogen-bond acceptors (Lipinski definition) is 5. The number of nitrogens with zero attached hydrogens (tertiary/aromatic N) is 2. The summed E-state index contributed by atoms with van der Waals surface area (Å²) < 4.78 is 35.0. The normalized spacial score (nSPS) is 12.1. The van der Waals surface area contributed by atoms with E-state index in [4.69, 9.17) is 16.3 Å². The number of aryl methyl sites for hydroxylation is 1. The van der Waals surface area contributed by atoms with Gasteiger partial charge in [0.2, 0.25) is 11.8 Å². The Bertz CT molecular complexity index is 1440. The molecule has 0 bridgehead atoms. The molecule has 0 saturated carbocycles. The van der Waals surface area contributed by atoms with E-state index in [0.717, 1.165) is 9.87 Å². The predicted octanol–water partition coefficient (Wildman–Crippen LogP) is 5.57. The molecule has 0 spiro atoms. The van der Waals surface area contributed by atoms with E-state index < -0.39 is 28.5 Å². The Kier molecular flexibility index (Phi) is 11.2. The van der Waals surface area contributed by atoms with Gasteiger partial charge in [0.25, 0.3) is 10.0 Å². The summed E-state index contributed by atoms with van der Waals surface area (Å²) in [4.78, 5) is 28.9. The summed E-state index contributed by atoms with van der Waals surface area (Å²) in [6, 6.07) is 19.2. The van der Waals surface area contributed by atoms with Gasteiger partial charge in [0.05, 0.1) is 17.2 Å². The van der Waals surface area contributed by atoms with Gasteiger partial charge in [0.1, 0.15) is 18.3 Å². The predicted molar refractivity (Wildman–Crippen MR) is 163 cm³/mol. The van der Waals surface area contributed by atoms with Crippen molar-refractivity contribution in [3.8, 4) is 5.75 Å². The summed E-state index contributed by atoms with van der Waals surface area (Å²) >= 11 is 6.45. The first-order valence-electron chi connectivity index (χ1n) is 13.6. The fourth-order valence-corrected chi connectivity index (χ4v) is 6.02. The minimum absolute atomic E-state index is 0.0219. The van der Waals surface area contributed by atoms with E-state index in [1.165, 1.54) is 17.0 Å². The van der Waals surface area contributed by atoms with Crippen LogP contribution in [0, 0.1) is 6.92 Å². The first kappa shape index (κ1) is 32.0. The number of halogens is 1. The Morgan fingerprint density at radius 1 is 0.951 bits per heavy atom. The van der Waals surface area contributed by atoms with Crippen molar-refractivity contribution in [3.63, 3.8) is 0 Å². The van der Waals surface area contributed by atoms with E-state index in [-0.39, 0.29) is 29.1 Å². The van der Waals surface area contributed by atoms with Crippen molar-refractivity contribution in [2.45, 2.75) is 64.6 Å². The van der Waals surface area contributed by atoms with Crippen LogP contribution in [0.1, 0.15) is 45.2 Å². The zero-order valence-corrected chi connectivity index (χ0v) is 25.7. The average molecular weight is 600 g/mol.